The number of aryl methyl sites for hydroxylation is 1. The second-order valence-electron chi connectivity index (χ2n) is 5.53. The number of sulfone groups is 1. The molecule has 0 radical (unpaired) electrons. The summed E-state index contributed by atoms with van der Waals surface area (Å²) in [5, 5.41) is 2.09. The molecule has 0 saturated heterocycles. The maximum absolute atomic E-state index is 13.2. The molecule has 122 valence electrons. The molecule has 0 atom stereocenters. The molecule has 0 aliphatic rings. The molecule has 0 heterocycles. The molecule has 0 aliphatic carbocycles. The lowest BCUT2D eigenvalue weighted by molar-refractivity contribution is 0.102. The van der Waals surface area contributed by atoms with E-state index < -0.39 is 26.8 Å². The van der Waals surface area contributed by atoms with Gasteiger partial charge in [0, 0.05) is 11.3 Å². The molecule has 4 nitrogen and oxygen atoms in total. The summed E-state index contributed by atoms with van der Waals surface area (Å²) in [6, 6.07) is 9.83. The van der Waals surface area contributed by atoms with Crippen LogP contribution in [0.2, 0.25) is 0 Å². The van der Waals surface area contributed by atoms with E-state index in [0.717, 1.165) is 5.56 Å². The van der Waals surface area contributed by atoms with Crippen molar-refractivity contribution in [3.63, 3.8) is 0 Å². The van der Waals surface area contributed by atoms with Gasteiger partial charge in [0.1, 0.15) is 5.82 Å². The van der Waals surface area contributed by atoms with Crippen LogP contribution >= 0.6 is 0 Å². The first kappa shape index (κ1) is 17.1. The van der Waals surface area contributed by atoms with Crippen LogP contribution in [0, 0.1) is 12.7 Å². The first-order valence-corrected chi connectivity index (χ1v) is 8.68. The number of anilines is 1. The Labute approximate surface area is 135 Å². The molecule has 2 aromatic rings. The molecule has 0 fully saturated rings. The van der Waals surface area contributed by atoms with Crippen molar-refractivity contribution in [2.45, 2.75) is 30.9 Å². The molecule has 0 saturated carbocycles. The van der Waals surface area contributed by atoms with E-state index in [9.17, 15) is 17.6 Å². The number of nitrogens with one attached hydrogen (secondary N) is 1. The largest absolute Gasteiger partial charge is 0.322 e. The van der Waals surface area contributed by atoms with Crippen LogP contribution in [0.4, 0.5) is 10.1 Å². The Kier molecular flexibility index (Phi) is 4.85. The smallest absolute Gasteiger partial charge is 0.255 e. The predicted molar refractivity (Wildman–Crippen MR) is 87.9 cm³/mol. The second-order valence-corrected chi connectivity index (χ2v) is 8.04. The predicted octanol–water partition coefficient (Wildman–Crippen LogP) is 3.57. The second kappa shape index (κ2) is 6.50. The summed E-state index contributed by atoms with van der Waals surface area (Å²) < 4.78 is 37.3. The lowest BCUT2D eigenvalue weighted by Gasteiger charge is -2.10. The summed E-state index contributed by atoms with van der Waals surface area (Å²) in [5.41, 5.74) is 1.42. The van der Waals surface area contributed by atoms with E-state index in [2.05, 4.69) is 5.32 Å². The van der Waals surface area contributed by atoms with Crippen molar-refractivity contribution < 1.29 is 17.6 Å². The number of hydrogen-bond donors (Lipinski definition) is 1. The van der Waals surface area contributed by atoms with Gasteiger partial charge in [-0.15, -0.1) is 0 Å². The quantitative estimate of drug-likeness (QED) is 0.929. The Hall–Kier alpha value is -2.21. The molecule has 2 rings (SSSR count). The van der Waals surface area contributed by atoms with E-state index in [-0.39, 0.29) is 4.90 Å². The highest BCUT2D eigenvalue weighted by Gasteiger charge is 2.19. The van der Waals surface area contributed by atoms with Crippen LogP contribution in [0.15, 0.2) is 47.4 Å². The Morgan fingerprint density at radius 3 is 2.26 bits per heavy atom. The molecular formula is C17H18FNO3S. The summed E-state index contributed by atoms with van der Waals surface area (Å²) in [6.07, 6.45) is 0. The molecule has 1 amide bonds. The van der Waals surface area contributed by atoms with Gasteiger partial charge in [0.2, 0.25) is 0 Å². The molecule has 1 N–H and O–H groups in total. The van der Waals surface area contributed by atoms with Gasteiger partial charge < -0.3 is 5.32 Å². The fourth-order valence-corrected chi connectivity index (χ4v) is 3.05. The maximum Gasteiger partial charge on any atom is 0.255 e. The Morgan fingerprint density at radius 2 is 1.70 bits per heavy atom. The number of hydrogen-bond acceptors (Lipinski definition) is 3. The molecular weight excluding hydrogens is 317 g/mol. The fraction of sp³-hybridized carbons (Fsp3) is 0.235. The summed E-state index contributed by atoms with van der Waals surface area (Å²) in [4.78, 5) is 12.4. The lowest BCUT2D eigenvalue weighted by atomic mass is 10.1. The molecule has 0 aromatic heterocycles. The lowest BCUT2D eigenvalue weighted by Crippen LogP contribution is -2.15. The van der Waals surface area contributed by atoms with Crippen LogP contribution in [-0.4, -0.2) is 19.6 Å². The van der Waals surface area contributed by atoms with Crippen molar-refractivity contribution in [1.29, 1.82) is 0 Å². The van der Waals surface area contributed by atoms with Gasteiger partial charge in [0.15, 0.2) is 9.84 Å². The zero-order chi connectivity index (χ0) is 17.2. The third kappa shape index (κ3) is 3.76. The van der Waals surface area contributed by atoms with Crippen molar-refractivity contribution >= 4 is 21.4 Å². The van der Waals surface area contributed by atoms with Gasteiger partial charge in [0.05, 0.1) is 10.1 Å². The van der Waals surface area contributed by atoms with E-state index in [1.165, 1.54) is 36.4 Å². The molecule has 0 aliphatic heterocycles. The van der Waals surface area contributed by atoms with Gasteiger partial charge in [0.25, 0.3) is 5.91 Å². The Morgan fingerprint density at radius 1 is 1.09 bits per heavy atom. The minimum Gasteiger partial charge on any atom is -0.322 e. The van der Waals surface area contributed by atoms with E-state index in [1.54, 1.807) is 26.8 Å². The third-order valence-corrected chi connectivity index (χ3v) is 5.68. The average molecular weight is 335 g/mol. The SMILES string of the molecule is Cc1ccc(F)cc1NC(=O)c1ccc(S(=O)(=O)C(C)C)cc1. The minimum atomic E-state index is -3.37. The number of halogens is 1. The molecule has 2 aromatic carbocycles. The highest BCUT2D eigenvalue weighted by Crippen LogP contribution is 2.19. The van der Waals surface area contributed by atoms with Crippen LogP contribution in [0.3, 0.4) is 0 Å². The summed E-state index contributed by atoms with van der Waals surface area (Å²) in [7, 11) is -3.37. The molecule has 0 spiro atoms. The van der Waals surface area contributed by atoms with Gasteiger partial charge in [-0.25, -0.2) is 12.8 Å². The first-order chi connectivity index (χ1) is 10.7. The van der Waals surface area contributed by atoms with Crippen molar-refractivity contribution in [3.8, 4) is 0 Å². The zero-order valence-corrected chi connectivity index (χ0v) is 13.9. The van der Waals surface area contributed by atoms with E-state index in [1.807, 2.05) is 0 Å². The Balaban J connectivity index is 2.23. The highest BCUT2D eigenvalue weighted by atomic mass is 32.2. The van der Waals surface area contributed by atoms with Gasteiger partial charge in [-0.05, 0) is 62.7 Å². The molecule has 23 heavy (non-hydrogen) atoms. The first-order valence-electron chi connectivity index (χ1n) is 7.13. The third-order valence-electron chi connectivity index (χ3n) is 3.51. The normalized spacial score (nSPS) is 11.5. The van der Waals surface area contributed by atoms with Gasteiger partial charge in [-0.1, -0.05) is 6.07 Å². The van der Waals surface area contributed by atoms with Crippen LogP contribution in [0.5, 0.6) is 0 Å². The summed E-state index contributed by atoms with van der Waals surface area (Å²) >= 11 is 0. The zero-order valence-electron chi connectivity index (χ0n) is 13.1. The van der Waals surface area contributed by atoms with Crippen molar-refractivity contribution in [3.05, 3.63) is 59.4 Å². The van der Waals surface area contributed by atoms with Crippen molar-refractivity contribution in [1.82, 2.24) is 0 Å². The molecule has 0 bridgehead atoms. The van der Waals surface area contributed by atoms with E-state index >= 15 is 0 Å². The number of benzene rings is 2. The number of amides is 1. The van der Waals surface area contributed by atoms with E-state index in [0.29, 0.717) is 11.3 Å². The van der Waals surface area contributed by atoms with Gasteiger partial charge in [-0.3, -0.25) is 4.79 Å². The number of rotatable bonds is 4. The van der Waals surface area contributed by atoms with Crippen LogP contribution < -0.4 is 5.32 Å². The van der Waals surface area contributed by atoms with E-state index in [4.69, 9.17) is 0 Å². The fourth-order valence-electron chi connectivity index (χ4n) is 1.99. The van der Waals surface area contributed by atoms with Crippen LogP contribution in [0.1, 0.15) is 29.8 Å². The van der Waals surface area contributed by atoms with Crippen LogP contribution in [0.25, 0.3) is 0 Å². The van der Waals surface area contributed by atoms with Crippen LogP contribution in [-0.2, 0) is 9.84 Å². The Bertz CT molecular complexity index is 827. The molecule has 6 heteroatoms. The van der Waals surface area contributed by atoms with Crippen molar-refractivity contribution in [2.24, 2.45) is 0 Å². The van der Waals surface area contributed by atoms with Gasteiger partial charge >= 0.3 is 0 Å². The topological polar surface area (TPSA) is 63.2 Å². The number of carbonyl (C=O) groups excluding carboxylic acids is 1. The summed E-state index contributed by atoms with van der Waals surface area (Å²) in [5.74, 6) is -0.864. The summed E-state index contributed by atoms with van der Waals surface area (Å²) in [6.45, 7) is 4.96. The minimum absolute atomic E-state index is 0.172. The maximum atomic E-state index is 13.2. The monoisotopic (exact) mass is 335 g/mol. The number of carbonyl (C=O) groups is 1. The average Bonchev–Trinajstić information content (AvgIpc) is 2.50. The van der Waals surface area contributed by atoms with Gasteiger partial charge in [-0.2, -0.15) is 0 Å². The standard InChI is InChI=1S/C17H18FNO3S/c1-11(2)23(21,22)15-8-5-13(6-9-15)17(20)19-16-10-14(18)7-4-12(16)3/h4-11H,1-3H3,(H,19,20). The molecule has 0 unspecified atom stereocenters. The van der Waals surface area contributed by atoms with Crippen molar-refractivity contribution in [2.75, 3.05) is 5.32 Å². The highest BCUT2D eigenvalue weighted by molar-refractivity contribution is 7.92.